The molecule has 0 amide bonds. The molecule has 0 aromatic heterocycles. The maximum atomic E-state index is 11.5. The minimum Gasteiger partial charge on any atom is -0.469 e. The summed E-state index contributed by atoms with van der Waals surface area (Å²) in [5.41, 5.74) is 0.869. The van der Waals surface area contributed by atoms with Crippen molar-refractivity contribution < 1.29 is 19.1 Å². The molecule has 0 saturated carbocycles. The van der Waals surface area contributed by atoms with Crippen LogP contribution in [0.1, 0.15) is 12.0 Å². The van der Waals surface area contributed by atoms with Gasteiger partial charge in [0.1, 0.15) is 5.71 Å². The summed E-state index contributed by atoms with van der Waals surface area (Å²) in [7, 11) is 2.42. The fourth-order valence-electron chi connectivity index (χ4n) is 1.25. The molecule has 0 spiro atoms. The summed E-state index contributed by atoms with van der Waals surface area (Å²) in [5.74, 6) is -1.28. The van der Waals surface area contributed by atoms with Crippen LogP contribution in [0.5, 0.6) is 0 Å². The molecule has 0 N–H and O–H groups in total. The Kier molecular flexibility index (Phi) is 5.23. The van der Waals surface area contributed by atoms with Crippen LogP contribution < -0.4 is 0 Å². The molecule has 1 aromatic rings. The minimum absolute atomic E-state index is 0.0564. The zero-order valence-corrected chi connectivity index (χ0v) is 10.5. The van der Waals surface area contributed by atoms with Crippen molar-refractivity contribution in [3.05, 3.63) is 29.8 Å². The first-order chi connectivity index (χ1) is 9.10. The number of carbonyl (C=O) groups excluding carboxylic acids is 2. The topological polar surface area (TPSA) is 88.8 Å². The van der Waals surface area contributed by atoms with Gasteiger partial charge in [-0.25, -0.2) is 9.79 Å². The van der Waals surface area contributed by atoms with Crippen LogP contribution in [-0.2, 0) is 19.1 Å². The van der Waals surface area contributed by atoms with Crippen LogP contribution in [0.25, 0.3) is 0 Å². The van der Waals surface area contributed by atoms with Crippen molar-refractivity contribution in [1.82, 2.24) is 0 Å². The molecule has 1 aromatic carbocycles. The number of hydrogen-bond donors (Lipinski definition) is 0. The van der Waals surface area contributed by atoms with E-state index in [2.05, 4.69) is 14.5 Å². The van der Waals surface area contributed by atoms with Gasteiger partial charge in [0.25, 0.3) is 0 Å². The van der Waals surface area contributed by atoms with Crippen LogP contribution in [-0.4, -0.2) is 31.9 Å². The lowest BCUT2D eigenvalue weighted by molar-refractivity contribution is -0.140. The second-order valence-electron chi connectivity index (χ2n) is 3.46. The van der Waals surface area contributed by atoms with E-state index in [1.165, 1.54) is 14.2 Å². The van der Waals surface area contributed by atoms with Crippen LogP contribution in [0.3, 0.4) is 0 Å². The fourth-order valence-corrected chi connectivity index (χ4v) is 1.25. The Morgan fingerprint density at radius 2 is 1.84 bits per heavy atom. The fraction of sp³-hybridized carbons (Fsp3) is 0.231. The first-order valence-corrected chi connectivity index (χ1v) is 5.33. The molecule has 6 heteroatoms. The lowest BCUT2D eigenvalue weighted by Crippen LogP contribution is -2.20. The molecule has 0 saturated heterocycles. The van der Waals surface area contributed by atoms with Crippen molar-refractivity contribution in [2.75, 3.05) is 14.2 Å². The molecular weight excluding hydrogens is 248 g/mol. The van der Waals surface area contributed by atoms with Gasteiger partial charge < -0.3 is 9.47 Å². The first kappa shape index (κ1) is 14.4. The van der Waals surface area contributed by atoms with E-state index in [0.717, 1.165) is 0 Å². The summed E-state index contributed by atoms with van der Waals surface area (Å²) in [6, 6.07) is 8.23. The van der Waals surface area contributed by atoms with Crippen LogP contribution in [0.2, 0.25) is 0 Å². The second-order valence-corrected chi connectivity index (χ2v) is 3.46. The van der Waals surface area contributed by atoms with E-state index in [9.17, 15) is 9.59 Å². The number of hydrogen-bond acceptors (Lipinski definition) is 6. The van der Waals surface area contributed by atoms with E-state index >= 15 is 0 Å². The molecule has 98 valence electrons. The van der Waals surface area contributed by atoms with E-state index in [1.54, 1.807) is 24.3 Å². The number of nitrogens with zero attached hydrogens (tertiary/aromatic N) is 2. The Hall–Kier alpha value is -2.68. The SMILES string of the molecule is COC(=O)CC(=Nc1ccc(C#N)cc1)C(=O)OC. The highest BCUT2D eigenvalue weighted by Gasteiger charge is 2.16. The van der Waals surface area contributed by atoms with Gasteiger partial charge in [-0.2, -0.15) is 5.26 Å². The lowest BCUT2D eigenvalue weighted by Gasteiger charge is -2.03. The van der Waals surface area contributed by atoms with Gasteiger partial charge in [-0.05, 0) is 24.3 Å². The molecule has 0 heterocycles. The third-order valence-corrected chi connectivity index (χ3v) is 2.22. The van der Waals surface area contributed by atoms with Crippen molar-refractivity contribution >= 4 is 23.3 Å². The van der Waals surface area contributed by atoms with Crippen molar-refractivity contribution in [2.45, 2.75) is 6.42 Å². The normalized spacial score (nSPS) is 10.5. The molecule has 0 fully saturated rings. The number of methoxy groups -OCH3 is 2. The molecule has 0 bridgehead atoms. The predicted octanol–water partition coefficient (Wildman–Crippen LogP) is 1.37. The van der Waals surface area contributed by atoms with Crippen LogP contribution in [0, 0.1) is 11.3 Å². The highest BCUT2D eigenvalue weighted by atomic mass is 16.5. The van der Waals surface area contributed by atoms with E-state index in [-0.39, 0.29) is 12.1 Å². The Bertz CT molecular complexity index is 541. The molecule has 0 unspecified atom stereocenters. The first-order valence-electron chi connectivity index (χ1n) is 5.33. The van der Waals surface area contributed by atoms with Gasteiger partial charge in [0, 0.05) is 0 Å². The van der Waals surface area contributed by atoms with Gasteiger partial charge in [-0.1, -0.05) is 0 Å². The number of nitriles is 1. The number of benzene rings is 1. The summed E-state index contributed by atoms with van der Waals surface area (Å²) in [6.07, 6.45) is -0.275. The Morgan fingerprint density at radius 3 is 2.32 bits per heavy atom. The van der Waals surface area contributed by atoms with Crippen molar-refractivity contribution in [3.8, 4) is 6.07 Å². The summed E-state index contributed by atoms with van der Waals surface area (Å²) in [4.78, 5) is 26.7. The average Bonchev–Trinajstić information content (AvgIpc) is 2.46. The standard InChI is InChI=1S/C13H12N2O4/c1-18-12(16)7-11(13(17)19-2)15-10-5-3-9(8-14)4-6-10/h3-6H,7H2,1-2H3. The van der Waals surface area contributed by atoms with Gasteiger partial charge in [0.05, 0.1) is 38.0 Å². The number of rotatable bonds is 4. The number of ether oxygens (including phenoxy) is 2. The van der Waals surface area contributed by atoms with Gasteiger partial charge >= 0.3 is 11.9 Å². The maximum Gasteiger partial charge on any atom is 0.353 e. The molecule has 1 rings (SSSR count). The van der Waals surface area contributed by atoms with Crippen molar-refractivity contribution in [3.63, 3.8) is 0 Å². The van der Waals surface area contributed by atoms with Crippen molar-refractivity contribution in [1.29, 1.82) is 5.26 Å². The summed E-state index contributed by atoms with van der Waals surface area (Å²) >= 11 is 0. The van der Waals surface area contributed by atoms with Gasteiger partial charge in [-0.15, -0.1) is 0 Å². The Labute approximate surface area is 110 Å². The molecule has 0 aliphatic heterocycles. The summed E-state index contributed by atoms with van der Waals surface area (Å²) in [5, 5.41) is 8.67. The molecule has 0 atom stereocenters. The van der Waals surface area contributed by atoms with Gasteiger partial charge in [0.15, 0.2) is 0 Å². The monoisotopic (exact) mass is 260 g/mol. The summed E-state index contributed by atoms with van der Waals surface area (Å²) < 4.78 is 9.02. The zero-order chi connectivity index (χ0) is 14.3. The number of esters is 2. The van der Waals surface area contributed by atoms with E-state index in [1.807, 2.05) is 6.07 Å². The largest absolute Gasteiger partial charge is 0.469 e. The van der Waals surface area contributed by atoms with Crippen LogP contribution in [0.4, 0.5) is 5.69 Å². The number of carbonyl (C=O) groups is 2. The molecular formula is C13H12N2O4. The molecule has 19 heavy (non-hydrogen) atoms. The third-order valence-electron chi connectivity index (χ3n) is 2.22. The molecule has 0 aliphatic rings. The smallest absolute Gasteiger partial charge is 0.353 e. The molecule has 0 radical (unpaired) electrons. The lowest BCUT2D eigenvalue weighted by atomic mass is 10.2. The quantitative estimate of drug-likeness (QED) is 0.602. The highest BCUT2D eigenvalue weighted by Crippen LogP contribution is 2.14. The van der Waals surface area contributed by atoms with Crippen LogP contribution in [0.15, 0.2) is 29.3 Å². The summed E-state index contributed by atoms with van der Waals surface area (Å²) in [6.45, 7) is 0. The van der Waals surface area contributed by atoms with Crippen molar-refractivity contribution in [2.24, 2.45) is 4.99 Å². The zero-order valence-electron chi connectivity index (χ0n) is 10.5. The van der Waals surface area contributed by atoms with E-state index in [4.69, 9.17) is 5.26 Å². The second kappa shape index (κ2) is 6.91. The molecule has 6 nitrogen and oxygen atoms in total. The van der Waals surface area contributed by atoms with Crippen LogP contribution >= 0.6 is 0 Å². The molecule has 0 aliphatic carbocycles. The predicted molar refractivity (Wildman–Crippen MR) is 66.9 cm³/mol. The maximum absolute atomic E-state index is 11.5. The Balaban J connectivity index is 3.01. The minimum atomic E-state index is -0.699. The van der Waals surface area contributed by atoms with E-state index < -0.39 is 11.9 Å². The van der Waals surface area contributed by atoms with E-state index in [0.29, 0.717) is 11.3 Å². The number of aliphatic imine (C=N–C) groups is 1. The third kappa shape index (κ3) is 4.24. The van der Waals surface area contributed by atoms with Gasteiger partial charge in [-0.3, -0.25) is 4.79 Å². The average molecular weight is 260 g/mol. The highest BCUT2D eigenvalue weighted by molar-refractivity contribution is 6.39. The van der Waals surface area contributed by atoms with Gasteiger partial charge in [0.2, 0.25) is 0 Å². The Morgan fingerprint density at radius 1 is 1.21 bits per heavy atom.